The maximum atomic E-state index is 11.2. The van der Waals surface area contributed by atoms with E-state index in [9.17, 15) is 8.42 Å². The second-order valence-corrected chi connectivity index (χ2v) is 6.23. The molecule has 1 atom stereocenters. The Labute approximate surface area is 102 Å². The minimum absolute atomic E-state index is 0.0575. The summed E-state index contributed by atoms with van der Waals surface area (Å²) in [5.41, 5.74) is 0.320. The standard InChI is InChI=1S/C11H15N3O2S/c1-9(8-17(3,15)16)14(2)11-6-4-5-10(7-12)13-11/h4-6,9H,8H2,1-3H3. The van der Waals surface area contributed by atoms with Crippen LogP contribution in [0.15, 0.2) is 18.2 Å². The average molecular weight is 253 g/mol. The molecule has 0 N–H and O–H groups in total. The van der Waals surface area contributed by atoms with Gasteiger partial charge in [-0.1, -0.05) is 6.07 Å². The van der Waals surface area contributed by atoms with E-state index < -0.39 is 9.84 Å². The van der Waals surface area contributed by atoms with Crippen LogP contribution in [0.1, 0.15) is 12.6 Å². The zero-order valence-electron chi connectivity index (χ0n) is 10.1. The predicted molar refractivity (Wildman–Crippen MR) is 66.5 cm³/mol. The normalized spacial score (nSPS) is 12.8. The third-order valence-electron chi connectivity index (χ3n) is 2.42. The molecule has 6 heteroatoms. The summed E-state index contributed by atoms with van der Waals surface area (Å²) in [7, 11) is -1.26. The lowest BCUT2D eigenvalue weighted by molar-refractivity contribution is 0.592. The van der Waals surface area contributed by atoms with E-state index in [-0.39, 0.29) is 11.8 Å². The quantitative estimate of drug-likeness (QED) is 0.794. The maximum Gasteiger partial charge on any atom is 0.149 e. The largest absolute Gasteiger partial charge is 0.356 e. The molecule has 1 unspecified atom stereocenters. The van der Waals surface area contributed by atoms with Crippen molar-refractivity contribution in [1.29, 1.82) is 5.26 Å². The lowest BCUT2D eigenvalue weighted by Crippen LogP contribution is -2.35. The summed E-state index contributed by atoms with van der Waals surface area (Å²) in [5.74, 6) is 0.655. The number of aromatic nitrogens is 1. The molecule has 5 nitrogen and oxygen atoms in total. The Morgan fingerprint density at radius 2 is 2.18 bits per heavy atom. The van der Waals surface area contributed by atoms with Gasteiger partial charge in [-0.15, -0.1) is 0 Å². The molecular weight excluding hydrogens is 238 g/mol. The number of hydrogen-bond acceptors (Lipinski definition) is 5. The molecule has 0 spiro atoms. The van der Waals surface area contributed by atoms with Crippen LogP contribution >= 0.6 is 0 Å². The van der Waals surface area contributed by atoms with Crippen LogP contribution in [0.5, 0.6) is 0 Å². The lowest BCUT2D eigenvalue weighted by Gasteiger charge is -2.25. The summed E-state index contributed by atoms with van der Waals surface area (Å²) in [6.07, 6.45) is 1.20. The third-order valence-corrected chi connectivity index (χ3v) is 3.50. The van der Waals surface area contributed by atoms with Gasteiger partial charge in [0.25, 0.3) is 0 Å². The smallest absolute Gasteiger partial charge is 0.149 e. The zero-order valence-corrected chi connectivity index (χ0v) is 10.9. The van der Waals surface area contributed by atoms with Gasteiger partial charge in [-0.2, -0.15) is 5.26 Å². The van der Waals surface area contributed by atoms with Crippen molar-refractivity contribution < 1.29 is 8.42 Å². The van der Waals surface area contributed by atoms with Crippen molar-refractivity contribution in [2.24, 2.45) is 0 Å². The van der Waals surface area contributed by atoms with Gasteiger partial charge in [0.1, 0.15) is 27.4 Å². The Morgan fingerprint density at radius 1 is 1.53 bits per heavy atom. The number of nitriles is 1. The molecular formula is C11H15N3O2S. The van der Waals surface area contributed by atoms with Gasteiger partial charge >= 0.3 is 0 Å². The van der Waals surface area contributed by atoms with E-state index in [1.807, 2.05) is 13.0 Å². The highest BCUT2D eigenvalue weighted by molar-refractivity contribution is 7.90. The molecule has 0 fully saturated rings. The summed E-state index contributed by atoms with van der Waals surface area (Å²) in [4.78, 5) is 5.86. The minimum atomic E-state index is -3.03. The lowest BCUT2D eigenvalue weighted by atomic mass is 10.3. The molecule has 0 aliphatic rings. The van der Waals surface area contributed by atoms with Gasteiger partial charge in [-0.25, -0.2) is 13.4 Å². The van der Waals surface area contributed by atoms with Crippen molar-refractivity contribution in [3.05, 3.63) is 23.9 Å². The second kappa shape index (κ2) is 5.15. The summed E-state index contributed by atoms with van der Waals surface area (Å²) >= 11 is 0. The van der Waals surface area contributed by atoms with E-state index >= 15 is 0 Å². The second-order valence-electron chi connectivity index (χ2n) is 4.05. The maximum absolute atomic E-state index is 11.2. The first kappa shape index (κ1) is 13.5. The molecule has 0 aromatic carbocycles. The van der Waals surface area contributed by atoms with Crippen LogP contribution in [-0.2, 0) is 9.84 Å². The molecule has 1 aromatic heterocycles. The summed E-state index contributed by atoms with van der Waals surface area (Å²) in [6, 6.07) is 6.85. The van der Waals surface area contributed by atoms with Gasteiger partial charge in [0.15, 0.2) is 0 Å². The molecule has 1 aromatic rings. The van der Waals surface area contributed by atoms with Gasteiger partial charge in [-0.05, 0) is 19.1 Å². The van der Waals surface area contributed by atoms with Crippen molar-refractivity contribution in [3.8, 4) is 6.07 Å². The van der Waals surface area contributed by atoms with E-state index in [2.05, 4.69) is 4.98 Å². The Balaban J connectivity index is 2.89. The predicted octanol–water partition coefficient (Wildman–Crippen LogP) is 0.823. The number of rotatable bonds is 4. The van der Waals surface area contributed by atoms with Crippen LogP contribution < -0.4 is 4.90 Å². The molecule has 92 valence electrons. The highest BCUT2D eigenvalue weighted by Crippen LogP contribution is 2.13. The highest BCUT2D eigenvalue weighted by atomic mass is 32.2. The molecule has 0 bridgehead atoms. The number of pyridine rings is 1. The zero-order chi connectivity index (χ0) is 13.1. The third kappa shape index (κ3) is 4.04. The molecule has 0 radical (unpaired) electrons. The Morgan fingerprint density at radius 3 is 2.71 bits per heavy atom. The first-order valence-electron chi connectivity index (χ1n) is 5.11. The fraction of sp³-hybridized carbons (Fsp3) is 0.455. The van der Waals surface area contributed by atoms with E-state index in [0.717, 1.165) is 0 Å². The van der Waals surface area contributed by atoms with Gasteiger partial charge < -0.3 is 4.90 Å². The van der Waals surface area contributed by atoms with Crippen molar-refractivity contribution in [1.82, 2.24) is 4.98 Å². The van der Waals surface area contributed by atoms with E-state index in [1.165, 1.54) is 6.26 Å². The molecule has 0 saturated heterocycles. The van der Waals surface area contributed by atoms with Crippen LogP contribution in [0.25, 0.3) is 0 Å². The van der Waals surface area contributed by atoms with E-state index in [0.29, 0.717) is 11.5 Å². The van der Waals surface area contributed by atoms with Crippen LogP contribution in [0.4, 0.5) is 5.82 Å². The van der Waals surface area contributed by atoms with Crippen molar-refractivity contribution >= 4 is 15.7 Å². The van der Waals surface area contributed by atoms with E-state index in [1.54, 1.807) is 30.1 Å². The van der Waals surface area contributed by atoms with Gasteiger partial charge in [0.05, 0.1) is 5.75 Å². The van der Waals surface area contributed by atoms with Crippen molar-refractivity contribution in [2.45, 2.75) is 13.0 Å². The van der Waals surface area contributed by atoms with Crippen LogP contribution in [-0.4, -0.2) is 38.5 Å². The Kier molecular flexibility index (Phi) is 4.07. The molecule has 1 rings (SSSR count). The summed E-state index contributed by atoms with van der Waals surface area (Å²) < 4.78 is 22.4. The first-order valence-corrected chi connectivity index (χ1v) is 7.17. The summed E-state index contributed by atoms with van der Waals surface area (Å²) in [6.45, 7) is 1.81. The summed E-state index contributed by atoms with van der Waals surface area (Å²) in [5, 5.41) is 8.74. The van der Waals surface area contributed by atoms with Gasteiger partial charge in [0, 0.05) is 19.3 Å². The number of hydrogen-bond donors (Lipinski definition) is 0. The SMILES string of the molecule is CC(CS(C)(=O)=O)N(C)c1cccc(C#N)n1. The number of nitrogens with zero attached hydrogens (tertiary/aromatic N) is 3. The Hall–Kier alpha value is -1.61. The molecule has 0 aliphatic carbocycles. The van der Waals surface area contributed by atoms with E-state index in [4.69, 9.17) is 5.26 Å². The molecule has 0 saturated carbocycles. The number of sulfone groups is 1. The van der Waals surface area contributed by atoms with Crippen molar-refractivity contribution in [2.75, 3.05) is 24.0 Å². The van der Waals surface area contributed by atoms with Gasteiger partial charge in [0.2, 0.25) is 0 Å². The molecule has 1 heterocycles. The average Bonchev–Trinajstić information content (AvgIpc) is 2.26. The minimum Gasteiger partial charge on any atom is -0.356 e. The monoisotopic (exact) mass is 253 g/mol. The fourth-order valence-corrected chi connectivity index (χ4v) is 2.56. The van der Waals surface area contributed by atoms with Crippen LogP contribution in [0.3, 0.4) is 0 Å². The van der Waals surface area contributed by atoms with Gasteiger partial charge in [-0.3, -0.25) is 0 Å². The topological polar surface area (TPSA) is 74.1 Å². The molecule has 17 heavy (non-hydrogen) atoms. The fourth-order valence-electron chi connectivity index (χ4n) is 1.46. The first-order chi connectivity index (χ1) is 7.83. The van der Waals surface area contributed by atoms with Crippen LogP contribution in [0.2, 0.25) is 0 Å². The highest BCUT2D eigenvalue weighted by Gasteiger charge is 2.16. The number of anilines is 1. The molecule has 0 aliphatic heterocycles. The van der Waals surface area contributed by atoms with Crippen molar-refractivity contribution in [3.63, 3.8) is 0 Å². The Bertz CT molecular complexity index is 534. The molecule has 0 amide bonds. The van der Waals surface area contributed by atoms with Crippen LogP contribution in [0, 0.1) is 11.3 Å².